The summed E-state index contributed by atoms with van der Waals surface area (Å²) >= 11 is 0. The van der Waals surface area contributed by atoms with E-state index in [1.807, 2.05) is 0 Å². The van der Waals surface area contributed by atoms with E-state index >= 15 is 0 Å². The second kappa shape index (κ2) is 8.48. The summed E-state index contributed by atoms with van der Waals surface area (Å²) in [7, 11) is 0. The van der Waals surface area contributed by atoms with Crippen molar-refractivity contribution in [1.82, 2.24) is 15.3 Å². The maximum absolute atomic E-state index is 14.3. The van der Waals surface area contributed by atoms with Crippen molar-refractivity contribution in [2.45, 2.75) is 12.3 Å². The number of nitrogens with one attached hydrogen (secondary N) is 2. The Hall–Kier alpha value is -2.79. The zero-order valence-corrected chi connectivity index (χ0v) is 14.4. The summed E-state index contributed by atoms with van der Waals surface area (Å²) < 4.78 is 60.5. The zero-order valence-electron chi connectivity index (χ0n) is 14.4. The van der Waals surface area contributed by atoms with Gasteiger partial charge in [-0.05, 0) is 12.1 Å². The Bertz CT molecular complexity index is 824. The predicted octanol–water partition coefficient (Wildman–Crippen LogP) is 2.47. The van der Waals surface area contributed by atoms with Gasteiger partial charge in [0.05, 0.1) is 25.1 Å². The summed E-state index contributed by atoms with van der Waals surface area (Å²) in [5.74, 6) is -1.60. The molecule has 1 fully saturated rings. The van der Waals surface area contributed by atoms with Crippen LogP contribution < -0.4 is 15.4 Å². The van der Waals surface area contributed by atoms with Gasteiger partial charge in [0.2, 0.25) is 5.88 Å². The van der Waals surface area contributed by atoms with Crippen LogP contribution in [0, 0.1) is 5.82 Å². The van der Waals surface area contributed by atoms with Crippen LogP contribution in [0.4, 0.5) is 23.2 Å². The van der Waals surface area contributed by atoms with Gasteiger partial charge in [0, 0.05) is 24.3 Å². The molecule has 0 aliphatic carbocycles. The van der Waals surface area contributed by atoms with Gasteiger partial charge in [0.25, 0.3) is 5.91 Å². The number of rotatable bonds is 5. The Morgan fingerprint density at radius 3 is 2.75 bits per heavy atom. The summed E-state index contributed by atoms with van der Waals surface area (Å²) in [5, 5.41) is 5.55. The van der Waals surface area contributed by atoms with E-state index in [9.17, 15) is 22.4 Å². The third-order valence-electron chi connectivity index (χ3n) is 3.78. The number of hydrogen-bond acceptors (Lipinski definition) is 6. The maximum atomic E-state index is 14.3. The number of carbonyl (C=O) groups excluding carboxylic acids is 1. The van der Waals surface area contributed by atoms with Gasteiger partial charge in [-0.1, -0.05) is 6.07 Å². The molecule has 1 aromatic carbocycles. The summed E-state index contributed by atoms with van der Waals surface area (Å²) in [4.78, 5) is 19.4. The first-order valence-corrected chi connectivity index (χ1v) is 8.26. The lowest BCUT2D eigenvalue weighted by Crippen LogP contribution is -2.33. The highest BCUT2D eigenvalue weighted by atomic mass is 19.4. The fourth-order valence-electron chi connectivity index (χ4n) is 2.49. The van der Waals surface area contributed by atoms with Crippen molar-refractivity contribution in [2.24, 2.45) is 0 Å². The molecule has 7 nitrogen and oxygen atoms in total. The molecule has 2 aromatic rings. The second-order valence-corrected chi connectivity index (χ2v) is 5.90. The van der Waals surface area contributed by atoms with Gasteiger partial charge in [-0.25, -0.2) is 14.4 Å². The smallest absolute Gasteiger partial charge is 0.422 e. The number of aromatic nitrogens is 2. The first kappa shape index (κ1) is 20.0. The fraction of sp³-hybridized carbons (Fsp3) is 0.353. The maximum Gasteiger partial charge on any atom is 0.422 e. The van der Waals surface area contributed by atoms with E-state index < -0.39 is 30.6 Å². The van der Waals surface area contributed by atoms with Gasteiger partial charge < -0.3 is 20.1 Å². The van der Waals surface area contributed by atoms with Gasteiger partial charge >= 0.3 is 6.18 Å². The number of hydrogen-bond donors (Lipinski definition) is 2. The van der Waals surface area contributed by atoms with Crippen LogP contribution in [0.1, 0.15) is 22.2 Å². The van der Waals surface area contributed by atoms with Crippen LogP contribution >= 0.6 is 0 Å². The molecule has 3 rings (SSSR count). The Balaban J connectivity index is 1.61. The van der Waals surface area contributed by atoms with Crippen molar-refractivity contribution in [2.75, 3.05) is 31.6 Å². The Morgan fingerprint density at radius 2 is 2.14 bits per heavy atom. The number of amides is 1. The molecule has 28 heavy (non-hydrogen) atoms. The van der Waals surface area contributed by atoms with E-state index in [0.29, 0.717) is 25.3 Å². The predicted molar refractivity (Wildman–Crippen MR) is 89.5 cm³/mol. The molecular formula is C17H16F4N4O3. The highest BCUT2D eigenvalue weighted by Crippen LogP contribution is 2.24. The quantitative estimate of drug-likeness (QED) is 0.751. The van der Waals surface area contributed by atoms with E-state index in [-0.39, 0.29) is 17.3 Å². The molecule has 11 heteroatoms. The molecule has 1 aliphatic rings. The number of anilines is 1. The van der Waals surface area contributed by atoms with Crippen molar-refractivity contribution in [3.63, 3.8) is 0 Å². The molecular weight excluding hydrogens is 384 g/mol. The number of ether oxygens (including phenoxy) is 2. The van der Waals surface area contributed by atoms with Gasteiger partial charge in [-0.15, -0.1) is 0 Å². The lowest BCUT2D eigenvalue weighted by Gasteiger charge is -2.24. The van der Waals surface area contributed by atoms with Crippen molar-refractivity contribution in [1.29, 1.82) is 0 Å². The van der Waals surface area contributed by atoms with Crippen LogP contribution in [-0.2, 0) is 4.74 Å². The van der Waals surface area contributed by atoms with Gasteiger partial charge in [0.15, 0.2) is 6.61 Å². The summed E-state index contributed by atoms with van der Waals surface area (Å²) in [6.07, 6.45) is -3.05. The van der Waals surface area contributed by atoms with Crippen LogP contribution in [0.3, 0.4) is 0 Å². The first-order valence-electron chi connectivity index (χ1n) is 8.26. The third-order valence-corrected chi connectivity index (χ3v) is 3.78. The van der Waals surface area contributed by atoms with Crippen LogP contribution in [0.15, 0.2) is 30.6 Å². The molecule has 0 bridgehead atoms. The van der Waals surface area contributed by atoms with E-state index in [0.717, 1.165) is 18.5 Å². The van der Waals surface area contributed by atoms with E-state index in [1.165, 1.54) is 12.1 Å². The minimum absolute atomic E-state index is 0.163. The molecule has 2 heterocycles. The molecule has 1 saturated heterocycles. The molecule has 1 atom stereocenters. The monoisotopic (exact) mass is 400 g/mol. The van der Waals surface area contributed by atoms with Crippen molar-refractivity contribution in [3.8, 4) is 5.88 Å². The van der Waals surface area contributed by atoms with Crippen molar-refractivity contribution < 1.29 is 31.8 Å². The third kappa shape index (κ3) is 5.36. The van der Waals surface area contributed by atoms with E-state index in [2.05, 4.69) is 25.3 Å². The highest BCUT2D eigenvalue weighted by Gasteiger charge is 2.28. The lowest BCUT2D eigenvalue weighted by atomic mass is 10.1. The highest BCUT2D eigenvalue weighted by molar-refractivity contribution is 6.02. The Labute approximate surface area is 157 Å². The molecule has 1 aromatic heterocycles. The molecule has 2 N–H and O–H groups in total. The standard InChI is InChI=1S/C17H16F4N4O3/c18-12-5-10(1-2-11(12)14-7-22-3-4-27-14)25-16(26)13-6-24-15(8-23-13)28-9-17(19,20)21/h1-2,5-6,8,14,22H,3-4,7,9H2,(H,25,26). The second-order valence-electron chi connectivity index (χ2n) is 5.90. The van der Waals surface area contributed by atoms with Crippen LogP contribution in [-0.4, -0.2) is 48.4 Å². The number of carbonyl (C=O) groups is 1. The molecule has 1 amide bonds. The molecule has 0 radical (unpaired) electrons. The Kier molecular flexibility index (Phi) is 6.05. The molecule has 150 valence electrons. The largest absolute Gasteiger partial charge is 0.467 e. The van der Waals surface area contributed by atoms with Crippen molar-refractivity contribution >= 4 is 11.6 Å². The van der Waals surface area contributed by atoms with Crippen LogP contribution in [0.25, 0.3) is 0 Å². The first-order chi connectivity index (χ1) is 13.3. The van der Waals surface area contributed by atoms with E-state index in [4.69, 9.17) is 4.74 Å². The number of morpholine rings is 1. The summed E-state index contributed by atoms with van der Waals surface area (Å²) in [6, 6.07) is 4.18. The average molecular weight is 400 g/mol. The number of benzene rings is 1. The minimum atomic E-state index is -4.51. The SMILES string of the molecule is O=C(Nc1ccc(C2CNCCO2)c(F)c1)c1cnc(OCC(F)(F)F)cn1. The zero-order chi connectivity index (χ0) is 20.1. The normalized spacial score (nSPS) is 17.2. The van der Waals surface area contributed by atoms with Gasteiger partial charge in [0.1, 0.15) is 11.5 Å². The summed E-state index contributed by atoms with van der Waals surface area (Å²) in [5.41, 5.74) is 0.397. The lowest BCUT2D eigenvalue weighted by molar-refractivity contribution is -0.154. The summed E-state index contributed by atoms with van der Waals surface area (Å²) in [6.45, 7) is 0.150. The average Bonchev–Trinajstić information content (AvgIpc) is 2.67. The fourth-order valence-corrected chi connectivity index (χ4v) is 2.49. The molecule has 0 saturated carbocycles. The van der Waals surface area contributed by atoms with Crippen LogP contribution in [0.2, 0.25) is 0 Å². The van der Waals surface area contributed by atoms with Crippen LogP contribution in [0.5, 0.6) is 5.88 Å². The number of halogens is 4. The topological polar surface area (TPSA) is 85.4 Å². The molecule has 0 spiro atoms. The Morgan fingerprint density at radius 1 is 1.32 bits per heavy atom. The van der Waals surface area contributed by atoms with Gasteiger partial charge in [-0.3, -0.25) is 4.79 Å². The number of nitrogens with zero attached hydrogens (tertiary/aromatic N) is 2. The molecule has 1 aliphatic heterocycles. The minimum Gasteiger partial charge on any atom is -0.467 e. The van der Waals surface area contributed by atoms with E-state index in [1.54, 1.807) is 0 Å². The number of alkyl halides is 3. The van der Waals surface area contributed by atoms with Gasteiger partial charge in [-0.2, -0.15) is 13.2 Å². The molecule has 1 unspecified atom stereocenters. The van der Waals surface area contributed by atoms with Crippen molar-refractivity contribution in [3.05, 3.63) is 47.7 Å².